The van der Waals surface area contributed by atoms with E-state index < -0.39 is 11.7 Å². The Morgan fingerprint density at radius 3 is 2.63 bits per heavy atom. The first kappa shape index (κ1) is 13.7. The smallest absolute Gasteiger partial charge is 0.416 e. The Balaban J connectivity index is 2.10. The maximum atomic E-state index is 12.5. The van der Waals surface area contributed by atoms with Crippen LogP contribution in [0.1, 0.15) is 11.1 Å². The minimum atomic E-state index is -4.38. The first-order valence-corrected chi connectivity index (χ1v) is 5.74. The number of aromatic nitrogens is 1. The van der Waals surface area contributed by atoms with Crippen molar-refractivity contribution >= 4 is 11.6 Å². The molecule has 2 nitrogen and oxygen atoms in total. The number of ether oxygens (including phenoxy) is 1. The zero-order valence-corrected chi connectivity index (χ0v) is 10.4. The third kappa shape index (κ3) is 3.61. The van der Waals surface area contributed by atoms with Crippen molar-refractivity contribution in [3.8, 4) is 5.75 Å². The fraction of sp³-hybridized carbons (Fsp3) is 0.154. The summed E-state index contributed by atoms with van der Waals surface area (Å²) in [5.41, 5.74) is -0.135. The highest BCUT2D eigenvalue weighted by molar-refractivity contribution is 6.30. The lowest BCUT2D eigenvalue weighted by molar-refractivity contribution is -0.137. The molecule has 0 saturated carbocycles. The Labute approximate surface area is 112 Å². The highest BCUT2D eigenvalue weighted by atomic mass is 35.5. The van der Waals surface area contributed by atoms with Crippen LogP contribution in [0.4, 0.5) is 13.2 Å². The van der Waals surface area contributed by atoms with Crippen LogP contribution >= 0.6 is 11.6 Å². The summed E-state index contributed by atoms with van der Waals surface area (Å²) in [6, 6.07) is 8.07. The molecule has 0 aliphatic heterocycles. The number of nitrogens with zero attached hydrogens (tertiary/aromatic N) is 1. The Morgan fingerprint density at radius 1 is 1.16 bits per heavy atom. The molecule has 0 unspecified atom stereocenters. The normalized spacial score (nSPS) is 11.4. The van der Waals surface area contributed by atoms with E-state index in [1.54, 1.807) is 12.1 Å². The third-order valence-electron chi connectivity index (χ3n) is 2.39. The Bertz CT molecular complexity index is 572. The number of hydrogen-bond acceptors (Lipinski definition) is 2. The van der Waals surface area contributed by atoms with Gasteiger partial charge in [-0.05, 0) is 24.3 Å². The molecule has 0 aliphatic rings. The van der Waals surface area contributed by atoms with E-state index in [0.717, 1.165) is 12.1 Å². The molecule has 1 heterocycles. The second kappa shape index (κ2) is 5.48. The van der Waals surface area contributed by atoms with Gasteiger partial charge in [0.15, 0.2) is 0 Å². The van der Waals surface area contributed by atoms with Gasteiger partial charge < -0.3 is 4.74 Å². The molecule has 19 heavy (non-hydrogen) atoms. The SMILES string of the molecule is FC(F)(F)c1cccc(OCc2cccnc2Cl)c1. The average Bonchev–Trinajstić information content (AvgIpc) is 2.37. The lowest BCUT2D eigenvalue weighted by Gasteiger charge is -2.10. The summed E-state index contributed by atoms with van der Waals surface area (Å²) in [5.74, 6) is 0.134. The van der Waals surface area contributed by atoms with Crippen LogP contribution in [0.25, 0.3) is 0 Å². The summed E-state index contributed by atoms with van der Waals surface area (Å²) in [4.78, 5) is 3.85. The number of alkyl halides is 3. The molecule has 100 valence electrons. The second-order valence-electron chi connectivity index (χ2n) is 3.77. The molecule has 2 rings (SSSR count). The molecule has 0 fully saturated rings. The predicted molar refractivity (Wildman–Crippen MR) is 65.0 cm³/mol. The van der Waals surface area contributed by atoms with Crippen molar-refractivity contribution in [1.82, 2.24) is 4.98 Å². The van der Waals surface area contributed by atoms with Crippen molar-refractivity contribution in [2.24, 2.45) is 0 Å². The van der Waals surface area contributed by atoms with Gasteiger partial charge in [-0.2, -0.15) is 13.2 Å². The van der Waals surface area contributed by atoms with Gasteiger partial charge in [0.2, 0.25) is 0 Å². The van der Waals surface area contributed by atoms with Crippen LogP contribution in [-0.4, -0.2) is 4.98 Å². The number of benzene rings is 1. The number of rotatable bonds is 3. The van der Waals surface area contributed by atoms with Gasteiger partial charge in [0.25, 0.3) is 0 Å². The summed E-state index contributed by atoms with van der Waals surface area (Å²) in [6.45, 7) is 0.0635. The van der Waals surface area contributed by atoms with Crippen molar-refractivity contribution in [2.75, 3.05) is 0 Å². The molecule has 0 radical (unpaired) electrons. The molecule has 1 aromatic carbocycles. The molecule has 2 aromatic rings. The Morgan fingerprint density at radius 2 is 1.95 bits per heavy atom. The topological polar surface area (TPSA) is 22.1 Å². The zero-order chi connectivity index (χ0) is 13.9. The fourth-order valence-corrected chi connectivity index (χ4v) is 1.62. The average molecular weight is 288 g/mol. The number of halogens is 4. The van der Waals surface area contributed by atoms with E-state index in [0.29, 0.717) is 5.56 Å². The van der Waals surface area contributed by atoms with Crippen LogP contribution in [0.3, 0.4) is 0 Å². The molecule has 0 saturated heterocycles. The molecule has 6 heteroatoms. The maximum absolute atomic E-state index is 12.5. The highest BCUT2D eigenvalue weighted by Crippen LogP contribution is 2.31. The van der Waals surface area contributed by atoms with Crippen LogP contribution in [0, 0.1) is 0 Å². The van der Waals surface area contributed by atoms with E-state index in [4.69, 9.17) is 16.3 Å². The van der Waals surface area contributed by atoms with Gasteiger partial charge in [0.05, 0.1) is 5.56 Å². The quantitative estimate of drug-likeness (QED) is 0.784. The van der Waals surface area contributed by atoms with E-state index in [-0.39, 0.29) is 17.5 Å². The van der Waals surface area contributed by atoms with Gasteiger partial charge in [0.1, 0.15) is 17.5 Å². The fourth-order valence-electron chi connectivity index (χ4n) is 1.45. The van der Waals surface area contributed by atoms with Crippen molar-refractivity contribution in [3.63, 3.8) is 0 Å². The van der Waals surface area contributed by atoms with Crippen LogP contribution in [0.2, 0.25) is 5.15 Å². The van der Waals surface area contributed by atoms with Gasteiger partial charge in [-0.3, -0.25) is 0 Å². The van der Waals surface area contributed by atoms with E-state index >= 15 is 0 Å². The lowest BCUT2D eigenvalue weighted by atomic mass is 10.2. The van der Waals surface area contributed by atoms with Gasteiger partial charge in [-0.25, -0.2) is 4.98 Å². The molecule has 0 aliphatic carbocycles. The van der Waals surface area contributed by atoms with Gasteiger partial charge in [0, 0.05) is 11.8 Å². The van der Waals surface area contributed by atoms with Crippen LogP contribution in [-0.2, 0) is 12.8 Å². The standard InChI is InChI=1S/C13H9ClF3NO/c14-12-9(3-2-6-18-12)8-19-11-5-1-4-10(7-11)13(15,16)17/h1-7H,8H2. The highest BCUT2D eigenvalue weighted by Gasteiger charge is 2.30. The molecule has 0 N–H and O–H groups in total. The first-order chi connectivity index (χ1) is 8.97. The monoisotopic (exact) mass is 287 g/mol. The van der Waals surface area contributed by atoms with Crippen molar-refractivity contribution in [3.05, 3.63) is 58.9 Å². The van der Waals surface area contributed by atoms with Crippen molar-refractivity contribution < 1.29 is 17.9 Å². The summed E-state index contributed by atoms with van der Waals surface area (Å²) >= 11 is 5.82. The minimum Gasteiger partial charge on any atom is -0.489 e. The zero-order valence-electron chi connectivity index (χ0n) is 9.62. The summed E-state index contributed by atoms with van der Waals surface area (Å²) in [6.07, 6.45) is -2.86. The second-order valence-corrected chi connectivity index (χ2v) is 4.13. The van der Waals surface area contributed by atoms with Gasteiger partial charge >= 0.3 is 6.18 Å². The largest absolute Gasteiger partial charge is 0.489 e. The van der Waals surface area contributed by atoms with Gasteiger partial charge in [-0.1, -0.05) is 23.7 Å². The molecular weight excluding hydrogens is 279 g/mol. The van der Waals surface area contributed by atoms with E-state index in [9.17, 15) is 13.2 Å². The lowest BCUT2D eigenvalue weighted by Crippen LogP contribution is -2.05. The molecule has 0 atom stereocenters. The molecule has 1 aromatic heterocycles. The molecule has 0 bridgehead atoms. The number of hydrogen-bond donors (Lipinski definition) is 0. The van der Waals surface area contributed by atoms with E-state index in [2.05, 4.69) is 4.98 Å². The molecule has 0 amide bonds. The van der Waals surface area contributed by atoms with Crippen LogP contribution in [0.5, 0.6) is 5.75 Å². The summed E-state index contributed by atoms with van der Waals surface area (Å²) in [5, 5.41) is 0.273. The summed E-state index contributed by atoms with van der Waals surface area (Å²) < 4.78 is 42.8. The minimum absolute atomic E-state index is 0.0635. The maximum Gasteiger partial charge on any atom is 0.416 e. The Hall–Kier alpha value is -1.75. The third-order valence-corrected chi connectivity index (χ3v) is 2.73. The van der Waals surface area contributed by atoms with Crippen LogP contribution < -0.4 is 4.74 Å². The van der Waals surface area contributed by atoms with E-state index in [1.165, 1.54) is 18.3 Å². The molecular formula is C13H9ClF3NO. The number of pyridine rings is 1. The Kier molecular flexibility index (Phi) is 3.95. The molecule has 0 spiro atoms. The first-order valence-electron chi connectivity index (χ1n) is 5.36. The predicted octanol–water partition coefficient (Wildman–Crippen LogP) is 4.33. The summed E-state index contributed by atoms with van der Waals surface area (Å²) in [7, 11) is 0. The van der Waals surface area contributed by atoms with Crippen LogP contribution in [0.15, 0.2) is 42.6 Å². The van der Waals surface area contributed by atoms with Gasteiger partial charge in [-0.15, -0.1) is 0 Å². The van der Waals surface area contributed by atoms with Crippen molar-refractivity contribution in [1.29, 1.82) is 0 Å². The van der Waals surface area contributed by atoms with E-state index in [1.807, 2.05) is 0 Å². The van der Waals surface area contributed by atoms with Crippen molar-refractivity contribution in [2.45, 2.75) is 12.8 Å².